The van der Waals surface area contributed by atoms with Crippen molar-refractivity contribution in [1.29, 1.82) is 0 Å². The molecule has 2 N–H and O–H groups in total. The molecule has 3 amide bonds. The summed E-state index contributed by atoms with van der Waals surface area (Å²) >= 11 is 1.35. The lowest BCUT2D eigenvalue weighted by molar-refractivity contribution is -0.139. The fraction of sp³-hybridized carbons (Fsp3) is 0.318. The Kier molecular flexibility index (Phi) is 6.89. The van der Waals surface area contributed by atoms with Crippen LogP contribution in [0.5, 0.6) is 0 Å². The lowest BCUT2D eigenvalue weighted by Crippen LogP contribution is -2.48. The highest BCUT2D eigenvalue weighted by atomic mass is 32.1. The number of hydrogen-bond donors (Lipinski definition) is 2. The summed E-state index contributed by atoms with van der Waals surface area (Å²) in [5.41, 5.74) is 2.24. The first-order valence-corrected chi connectivity index (χ1v) is 10.7. The number of esters is 1. The number of benzene rings is 1. The van der Waals surface area contributed by atoms with Crippen LogP contribution >= 0.6 is 11.3 Å². The standard InChI is InChI=1S/C22H25N3O4S/c1-4-11-25-14(3)18(21(27)29-5-2)19(24-22(25)28)15-8-6-9-16(13-15)23-20(26)17-10-7-12-30-17/h6-10,12-13,19H,4-5,11H2,1-3H3,(H,23,26)(H,24,28). The number of urea groups is 1. The minimum Gasteiger partial charge on any atom is -0.463 e. The Balaban J connectivity index is 1.95. The molecule has 0 bridgehead atoms. The van der Waals surface area contributed by atoms with E-state index in [0.29, 0.717) is 33.9 Å². The first-order chi connectivity index (χ1) is 14.5. The van der Waals surface area contributed by atoms with Crippen molar-refractivity contribution in [3.05, 3.63) is 63.5 Å². The Morgan fingerprint density at radius 3 is 2.70 bits per heavy atom. The summed E-state index contributed by atoms with van der Waals surface area (Å²) in [5.74, 6) is -0.671. The molecule has 0 radical (unpaired) electrons. The summed E-state index contributed by atoms with van der Waals surface area (Å²) in [6.45, 7) is 6.21. The van der Waals surface area contributed by atoms with E-state index in [1.165, 1.54) is 11.3 Å². The summed E-state index contributed by atoms with van der Waals surface area (Å²) in [4.78, 5) is 40.0. The van der Waals surface area contributed by atoms with Gasteiger partial charge in [-0.05, 0) is 49.4 Å². The van der Waals surface area contributed by atoms with Gasteiger partial charge in [0.1, 0.15) is 0 Å². The van der Waals surface area contributed by atoms with E-state index >= 15 is 0 Å². The van der Waals surface area contributed by atoms with Crippen molar-refractivity contribution in [2.75, 3.05) is 18.5 Å². The lowest BCUT2D eigenvalue weighted by Gasteiger charge is -2.35. The third kappa shape index (κ3) is 4.54. The highest BCUT2D eigenvalue weighted by molar-refractivity contribution is 7.12. The summed E-state index contributed by atoms with van der Waals surface area (Å²) in [6.07, 6.45) is 0.760. The molecule has 1 atom stereocenters. The second-order valence-corrected chi connectivity index (χ2v) is 7.76. The SMILES string of the molecule is CCCN1C(=O)NC(c2cccc(NC(=O)c3cccs3)c2)C(C(=O)OCC)=C1C. The van der Waals surface area contributed by atoms with Crippen molar-refractivity contribution in [3.63, 3.8) is 0 Å². The first-order valence-electron chi connectivity index (χ1n) is 9.87. The van der Waals surface area contributed by atoms with Gasteiger partial charge in [0.25, 0.3) is 5.91 Å². The summed E-state index contributed by atoms with van der Waals surface area (Å²) < 4.78 is 5.27. The van der Waals surface area contributed by atoms with Crippen molar-refractivity contribution < 1.29 is 19.1 Å². The van der Waals surface area contributed by atoms with Gasteiger partial charge in [0.05, 0.1) is 23.1 Å². The number of carbonyl (C=O) groups is 3. The van der Waals surface area contributed by atoms with E-state index in [0.717, 1.165) is 6.42 Å². The van der Waals surface area contributed by atoms with Crippen molar-refractivity contribution in [2.45, 2.75) is 33.2 Å². The van der Waals surface area contributed by atoms with Gasteiger partial charge in [-0.3, -0.25) is 9.69 Å². The Hall–Kier alpha value is -3.13. The highest BCUT2D eigenvalue weighted by Gasteiger charge is 2.36. The maximum Gasteiger partial charge on any atom is 0.338 e. The zero-order chi connectivity index (χ0) is 21.7. The average Bonchev–Trinajstić information content (AvgIpc) is 3.26. The normalized spacial score (nSPS) is 16.3. The molecule has 1 aromatic carbocycles. The molecule has 158 valence electrons. The summed E-state index contributed by atoms with van der Waals surface area (Å²) in [6, 6.07) is 9.76. The van der Waals surface area contributed by atoms with E-state index in [9.17, 15) is 14.4 Å². The third-order valence-corrected chi connectivity index (χ3v) is 5.63. The van der Waals surface area contributed by atoms with Gasteiger partial charge in [-0.15, -0.1) is 11.3 Å². The number of amides is 3. The predicted octanol–water partition coefficient (Wildman–Crippen LogP) is 4.31. The number of anilines is 1. The van der Waals surface area contributed by atoms with E-state index < -0.39 is 12.0 Å². The molecule has 1 aliphatic heterocycles. The zero-order valence-electron chi connectivity index (χ0n) is 17.2. The van der Waals surface area contributed by atoms with Gasteiger partial charge < -0.3 is 15.4 Å². The Morgan fingerprint density at radius 1 is 1.23 bits per heavy atom. The molecule has 7 nitrogen and oxygen atoms in total. The van der Waals surface area contributed by atoms with E-state index in [2.05, 4.69) is 10.6 Å². The maximum atomic E-state index is 12.7. The molecule has 2 aromatic rings. The minimum atomic E-state index is -0.664. The Morgan fingerprint density at radius 2 is 2.03 bits per heavy atom. The van der Waals surface area contributed by atoms with E-state index in [1.54, 1.807) is 43.0 Å². The highest BCUT2D eigenvalue weighted by Crippen LogP contribution is 2.32. The van der Waals surface area contributed by atoms with Crippen LogP contribution in [0.15, 0.2) is 53.0 Å². The van der Waals surface area contributed by atoms with Crippen LogP contribution in [0.3, 0.4) is 0 Å². The smallest absolute Gasteiger partial charge is 0.338 e. The molecule has 0 saturated carbocycles. The number of thiophene rings is 1. The number of carbonyl (C=O) groups excluding carboxylic acids is 3. The zero-order valence-corrected chi connectivity index (χ0v) is 18.0. The molecular weight excluding hydrogens is 402 g/mol. The van der Waals surface area contributed by atoms with E-state index in [-0.39, 0.29) is 18.5 Å². The number of ether oxygens (including phenoxy) is 1. The fourth-order valence-corrected chi connectivity index (χ4v) is 4.01. The second kappa shape index (κ2) is 9.58. The van der Waals surface area contributed by atoms with Gasteiger partial charge in [0, 0.05) is 17.9 Å². The van der Waals surface area contributed by atoms with Crippen molar-refractivity contribution >= 4 is 34.9 Å². The van der Waals surface area contributed by atoms with Crippen LogP contribution in [0, 0.1) is 0 Å². The lowest BCUT2D eigenvalue weighted by atomic mass is 9.94. The third-order valence-electron chi connectivity index (χ3n) is 4.76. The number of allylic oxidation sites excluding steroid dienone is 1. The molecule has 0 aliphatic carbocycles. The molecule has 8 heteroatoms. The van der Waals surface area contributed by atoms with Gasteiger partial charge in [-0.25, -0.2) is 9.59 Å². The molecule has 3 rings (SSSR count). The monoisotopic (exact) mass is 427 g/mol. The van der Waals surface area contributed by atoms with Gasteiger partial charge in [0.15, 0.2) is 0 Å². The Bertz CT molecular complexity index is 969. The molecule has 1 aromatic heterocycles. The van der Waals surface area contributed by atoms with E-state index in [1.807, 2.05) is 24.4 Å². The Labute approximate surface area is 179 Å². The van der Waals surface area contributed by atoms with Crippen LogP contribution < -0.4 is 10.6 Å². The molecule has 0 spiro atoms. The van der Waals surface area contributed by atoms with Crippen LogP contribution in [0.25, 0.3) is 0 Å². The molecule has 30 heavy (non-hydrogen) atoms. The molecule has 0 saturated heterocycles. The molecule has 0 fully saturated rings. The summed E-state index contributed by atoms with van der Waals surface area (Å²) in [7, 11) is 0. The minimum absolute atomic E-state index is 0.207. The molecule has 1 unspecified atom stereocenters. The first kappa shape index (κ1) is 21.6. The molecule has 2 heterocycles. The topological polar surface area (TPSA) is 87.7 Å². The summed E-state index contributed by atoms with van der Waals surface area (Å²) in [5, 5.41) is 7.61. The van der Waals surface area contributed by atoms with Crippen LogP contribution in [0.1, 0.15) is 48.5 Å². The quantitative estimate of drug-likeness (QED) is 0.645. The largest absolute Gasteiger partial charge is 0.463 e. The van der Waals surface area contributed by atoms with Crippen molar-refractivity contribution in [3.8, 4) is 0 Å². The number of nitrogens with zero attached hydrogens (tertiary/aromatic N) is 1. The fourth-order valence-electron chi connectivity index (χ4n) is 3.39. The maximum absolute atomic E-state index is 12.7. The predicted molar refractivity (Wildman–Crippen MR) is 116 cm³/mol. The van der Waals surface area contributed by atoms with Gasteiger partial charge >= 0.3 is 12.0 Å². The molecular formula is C22H25N3O4S. The van der Waals surface area contributed by atoms with Crippen LogP contribution in [0.4, 0.5) is 10.5 Å². The average molecular weight is 428 g/mol. The van der Waals surface area contributed by atoms with E-state index in [4.69, 9.17) is 4.74 Å². The van der Waals surface area contributed by atoms with Crippen LogP contribution in [0.2, 0.25) is 0 Å². The molecule has 1 aliphatic rings. The van der Waals surface area contributed by atoms with Gasteiger partial charge in [0.2, 0.25) is 0 Å². The van der Waals surface area contributed by atoms with Gasteiger partial charge in [-0.1, -0.05) is 25.1 Å². The van der Waals surface area contributed by atoms with Crippen LogP contribution in [-0.4, -0.2) is 36.0 Å². The van der Waals surface area contributed by atoms with Crippen LogP contribution in [-0.2, 0) is 9.53 Å². The van der Waals surface area contributed by atoms with Crippen molar-refractivity contribution in [2.24, 2.45) is 0 Å². The second-order valence-electron chi connectivity index (χ2n) is 6.81. The van der Waals surface area contributed by atoms with Crippen molar-refractivity contribution in [1.82, 2.24) is 10.2 Å². The van der Waals surface area contributed by atoms with Gasteiger partial charge in [-0.2, -0.15) is 0 Å². The number of nitrogens with one attached hydrogen (secondary N) is 2. The number of rotatable bonds is 7. The number of hydrogen-bond acceptors (Lipinski definition) is 5.